The third-order valence-electron chi connectivity index (χ3n) is 3.65. The molecule has 2 aromatic rings. The normalized spacial score (nSPS) is 19.4. The molecule has 2 heterocycles. The Hall–Kier alpha value is -1.29. The fourth-order valence-electron chi connectivity index (χ4n) is 2.48. The standard InChI is InChI=1S/C15H18N2OS/c1-9(2)10-5-6-12-11(8-10)15(18)17-14(16-12)13-4-3-7-19-13/h5-6,8-9,13H,3-4,7H2,1-2H3,(H,16,17,18). The summed E-state index contributed by atoms with van der Waals surface area (Å²) in [4.78, 5) is 19.8. The largest absolute Gasteiger partial charge is 0.309 e. The summed E-state index contributed by atoms with van der Waals surface area (Å²) in [5.74, 6) is 2.43. The minimum Gasteiger partial charge on any atom is -0.309 e. The molecule has 0 bridgehead atoms. The lowest BCUT2D eigenvalue weighted by molar-refractivity contribution is 0.778. The van der Waals surface area contributed by atoms with Crippen LogP contribution in [0.5, 0.6) is 0 Å². The van der Waals surface area contributed by atoms with Gasteiger partial charge in [-0.15, -0.1) is 0 Å². The van der Waals surface area contributed by atoms with Crippen molar-refractivity contribution in [3.8, 4) is 0 Å². The van der Waals surface area contributed by atoms with E-state index in [0.717, 1.165) is 17.8 Å². The molecule has 3 nitrogen and oxygen atoms in total. The van der Waals surface area contributed by atoms with Crippen LogP contribution >= 0.6 is 11.8 Å². The van der Waals surface area contributed by atoms with Crippen LogP contribution in [0.2, 0.25) is 0 Å². The fourth-order valence-corrected chi connectivity index (χ4v) is 3.70. The van der Waals surface area contributed by atoms with E-state index in [1.165, 1.54) is 17.7 Å². The molecule has 1 aromatic heterocycles. The highest BCUT2D eigenvalue weighted by Gasteiger charge is 2.20. The van der Waals surface area contributed by atoms with Gasteiger partial charge in [0.15, 0.2) is 0 Å². The topological polar surface area (TPSA) is 45.8 Å². The molecule has 19 heavy (non-hydrogen) atoms. The lowest BCUT2D eigenvalue weighted by Gasteiger charge is -2.10. The number of thioether (sulfide) groups is 1. The molecule has 1 unspecified atom stereocenters. The van der Waals surface area contributed by atoms with E-state index in [-0.39, 0.29) is 5.56 Å². The molecular weight excluding hydrogens is 256 g/mol. The van der Waals surface area contributed by atoms with Gasteiger partial charge in [0.25, 0.3) is 5.56 Å². The summed E-state index contributed by atoms with van der Waals surface area (Å²) >= 11 is 1.89. The van der Waals surface area contributed by atoms with Crippen LogP contribution in [0.1, 0.15) is 49.2 Å². The molecule has 0 radical (unpaired) electrons. The number of aromatic amines is 1. The van der Waals surface area contributed by atoms with Gasteiger partial charge in [0.1, 0.15) is 5.82 Å². The van der Waals surface area contributed by atoms with E-state index in [0.29, 0.717) is 16.6 Å². The van der Waals surface area contributed by atoms with Gasteiger partial charge in [-0.3, -0.25) is 4.79 Å². The zero-order chi connectivity index (χ0) is 13.4. The fraction of sp³-hybridized carbons (Fsp3) is 0.467. The maximum atomic E-state index is 12.2. The van der Waals surface area contributed by atoms with Crippen molar-refractivity contribution in [2.75, 3.05) is 5.75 Å². The number of fused-ring (bicyclic) bond motifs is 1. The Morgan fingerprint density at radius 2 is 2.26 bits per heavy atom. The Morgan fingerprint density at radius 1 is 1.42 bits per heavy atom. The number of hydrogen-bond acceptors (Lipinski definition) is 3. The van der Waals surface area contributed by atoms with E-state index >= 15 is 0 Å². The van der Waals surface area contributed by atoms with Crippen molar-refractivity contribution >= 4 is 22.7 Å². The van der Waals surface area contributed by atoms with Crippen molar-refractivity contribution < 1.29 is 0 Å². The van der Waals surface area contributed by atoms with Gasteiger partial charge in [0.05, 0.1) is 16.2 Å². The highest BCUT2D eigenvalue weighted by molar-refractivity contribution is 7.99. The van der Waals surface area contributed by atoms with Gasteiger partial charge in [0, 0.05) is 0 Å². The predicted molar refractivity (Wildman–Crippen MR) is 80.9 cm³/mol. The first kappa shape index (κ1) is 12.7. The molecule has 1 fully saturated rings. The molecular formula is C15H18N2OS. The summed E-state index contributed by atoms with van der Waals surface area (Å²) in [6, 6.07) is 6.02. The second-order valence-corrected chi connectivity index (χ2v) is 6.69. The van der Waals surface area contributed by atoms with Crippen molar-refractivity contribution in [3.05, 3.63) is 39.9 Å². The second-order valence-electron chi connectivity index (χ2n) is 5.38. The summed E-state index contributed by atoms with van der Waals surface area (Å²) in [6.45, 7) is 4.26. The van der Waals surface area contributed by atoms with E-state index in [9.17, 15) is 4.79 Å². The summed E-state index contributed by atoms with van der Waals surface area (Å²) < 4.78 is 0. The first-order valence-electron chi connectivity index (χ1n) is 6.80. The average molecular weight is 274 g/mol. The first-order chi connectivity index (χ1) is 9.15. The molecule has 3 rings (SSSR count). The predicted octanol–water partition coefficient (Wildman–Crippen LogP) is 3.61. The summed E-state index contributed by atoms with van der Waals surface area (Å²) in [6.07, 6.45) is 2.33. The van der Waals surface area contributed by atoms with Crippen molar-refractivity contribution in [1.29, 1.82) is 0 Å². The van der Waals surface area contributed by atoms with Gasteiger partial charge in [-0.05, 0) is 42.2 Å². The monoisotopic (exact) mass is 274 g/mol. The molecule has 1 aromatic carbocycles. The molecule has 100 valence electrons. The number of rotatable bonds is 2. The number of hydrogen-bond donors (Lipinski definition) is 1. The van der Waals surface area contributed by atoms with Crippen LogP contribution in [0, 0.1) is 0 Å². The van der Waals surface area contributed by atoms with Gasteiger partial charge in [-0.2, -0.15) is 11.8 Å². The third kappa shape index (κ3) is 2.41. The highest BCUT2D eigenvalue weighted by atomic mass is 32.2. The van der Waals surface area contributed by atoms with Crippen molar-refractivity contribution in [1.82, 2.24) is 9.97 Å². The second kappa shape index (κ2) is 5.00. The zero-order valence-electron chi connectivity index (χ0n) is 11.3. The van der Waals surface area contributed by atoms with Crippen LogP contribution in [0.4, 0.5) is 0 Å². The number of benzene rings is 1. The smallest absolute Gasteiger partial charge is 0.258 e. The minimum absolute atomic E-state index is 0.00463. The highest BCUT2D eigenvalue weighted by Crippen LogP contribution is 2.38. The molecule has 1 aliphatic rings. The SMILES string of the molecule is CC(C)c1ccc2nc(C3CCCS3)[nH]c(=O)c2c1. The van der Waals surface area contributed by atoms with Gasteiger partial charge < -0.3 is 4.98 Å². The van der Waals surface area contributed by atoms with Crippen LogP contribution < -0.4 is 5.56 Å². The van der Waals surface area contributed by atoms with Crippen LogP contribution in [-0.4, -0.2) is 15.7 Å². The summed E-state index contributed by atoms with van der Waals surface area (Å²) in [5, 5.41) is 1.07. The number of aromatic nitrogens is 2. The van der Waals surface area contributed by atoms with Crippen LogP contribution in [0.3, 0.4) is 0 Å². The Labute approximate surface area is 116 Å². The van der Waals surface area contributed by atoms with Crippen molar-refractivity contribution in [2.24, 2.45) is 0 Å². The van der Waals surface area contributed by atoms with Gasteiger partial charge in [-0.1, -0.05) is 19.9 Å². The average Bonchev–Trinajstić information content (AvgIpc) is 2.92. The molecule has 1 N–H and O–H groups in total. The van der Waals surface area contributed by atoms with E-state index in [4.69, 9.17) is 0 Å². The number of nitrogens with zero attached hydrogens (tertiary/aromatic N) is 1. The molecule has 0 aliphatic carbocycles. The molecule has 1 aliphatic heterocycles. The number of H-pyrrole nitrogens is 1. The Balaban J connectivity index is 2.11. The Morgan fingerprint density at radius 3 is 2.95 bits per heavy atom. The van der Waals surface area contributed by atoms with E-state index in [1.54, 1.807) is 0 Å². The van der Waals surface area contributed by atoms with Gasteiger partial charge in [0.2, 0.25) is 0 Å². The Kier molecular flexibility index (Phi) is 3.35. The zero-order valence-corrected chi connectivity index (χ0v) is 12.1. The molecule has 0 saturated carbocycles. The lowest BCUT2D eigenvalue weighted by Crippen LogP contribution is -2.13. The first-order valence-corrected chi connectivity index (χ1v) is 7.85. The number of nitrogens with one attached hydrogen (secondary N) is 1. The van der Waals surface area contributed by atoms with Crippen LogP contribution in [0.15, 0.2) is 23.0 Å². The van der Waals surface area contributed by atoms with Crippen LogP contribution in [-0.2, 0) is 0 Å². The van der Waals surface area contributed by atoms with E-state index in [1.807, 2.05) is 23.9 Å². The summed E-state index contributed by atoms with van der Waals surface area (Å²) in [7, 11) is 0. The molecule has 1 saturated heterocycles. The molecule has 0 amide bonds. The Bertz CT molecular complexity index is 657. The molecule has 4 heteroatoms. The van der Waals surface area contributed by atoms with Crippen LogP contribution in [0.25, 0.3) is 10.9 Å². The van der Waals surface area contributed by atoms with Gasteiger partial charge in [-0.25, -0.2) is 4.98 Å². The quantitative estimate of drug-likeness (QED) is 0.910. The molecule has 1 atom stereocenters. The minimum atomic E-state index is -0.00463. The maximum absolute atomic E-state index is 12.2. The van der Waals surface area contributed by atoms with Gasteiger partial charge >= 0.3 is 0 Å². The van der Waals surface area contributed by atoms with Crippen molar-refractivity contribution in [2.45, 2.75) is 37.9 Å². The third-order valence-corrected chi connectivity index (χ3v) is 5.03. The molecule has 0 spiro atoms. The van der Waals surface area contributed by atoms with Crippen molar-refractivity contribution in [3.63, 3.8) is 0 Å². The maximum Gasteiger partial charge on any atom is 0.258 e. The summed E-state index contributed by atoms with van der Waals surface area (Å²) in [5.41, 5.74) is 1.99. The van der Waals surface area contributed by atoms with E-state index < -0.39 is 0 Å². The van der Waals surface area contributed by atoms with E-state index in [2.05, 4.69) is 29.9 Å². The lowest BCUT2D eigenvalue weighted by atomic mass is 10.0.